The van der Waals surface area contributed by atoms with Crippen LogP contribution in [0.1, 0.15) is 26.3 Å². The SMILES string of the molecule is CC(C)(C)[Si](Oc1cc(/C=C/C(N)=O)cc2sc(N)nc12)(c1ccccc1)c1ccccc1. The molecule has 168 valence electrons. The molecule has 3 aromatic carbocycles. The Balaban J connectivity index is 2.00. The molecule has 4 rings (SSSR count). The number of nitrogen functional groups attached to an aromatic ring is 1. The largest absolute Gasteiger partial charge is 0.532 e. The number of benzene rings is 3. The van der Waals surface area contributed by atoms with E-state index in [4.69, 9.17) is 15.9 Å². The Morgan fingerprint density at radius 2 is 1.58 bits per heavy atom. The highest BCUT2D eigenvalue weighted by Gasteiger charge is 2.52. The van der Waals surface area contributed by atoms with Crippen LogP contribution in [-0.2, 0) is 4.79 Å². The molecule has 0 fully saturated rings. The summed E-state index contributed by atoms with van der Waals surface area (Å²) in [6.07, 6.45) is 3.04. The molecular formula is C26H27N3O2SSi. The van der Waals surface area contributed by atoms with Crippen molar-refractivity contribution < 1.29 is 9.22 Å². The molecule has 7 heteroatoms. The number of hydrogen-bond acceptors (Lipinski definition) is 5. The molecule has 0 saturated heterocycles. The van der Waals surface area contributed by atoms with Crippen LogP contribution in [0.15, 0.2) is 78.9 Å². The van der Waals surface area contributed by atoms with Crippen LogP contribution in [0.4, 0.5) is 5.13 Å². The predicted molar refractivity (Wildman–Crippen MR) is 141 cm³/mol. The minimum atomic E-state index is -2.86. The molecule has 0 aliphatic carbocycles. The van der Waals surface area contributed by atoms with Crippen molar-refractivity contribution in [3.63, 3.8) is 0 Å². The lowest BCUT2D eigenvalue weighted by Gasteiger charge is -2.43. The summed E-state index contributed by atoms with van der Waals surface area (Å²) in [5.74, 6) is 0.146. The zero-order chi connectivity index (χ0) is 23.6. The maximum absolute atomic E-state index is 11.3. The number of nitrogens with two attached hydrogens (primary N) is 2. The van der Waals surface area contributed by atoms with Gasteiger partial charge in [-0.25, -0.2) is 4.98 Å². The van der Waals surface area contributed by atoms with Crippen LogP contribution >= 0.6 is 11.3 Å². The number of carbonyl (C=O) groups is 1. The molecule has 33 heavy (non-hydrogen) atoms. The Kier molecular flexibility index (Phi) is 6.10. The van der Waals surface area contributed by atoms with E-state index in [1.165, 1.54) is 17.4 Å². The Bertz CT molecular complexity index is 1270. The van der Waals surface area contributed by atoms with E-state index >= 15 is 0 Å². The summed E-state index contributed by atoms with van der Waals surface area (Å²) in [7, 11) is -2.86. The van der Waals surface area contributed by atoms with Gasteiger partial charge in [0.1, 0.15) is 11.3 Å². The van der Waals surface area contributed by atoms with E-state index in [1.807, 2.05) is 24.3 Å². The first-order valence-corrected chi connectivity index (χ1v) is 13.4. The highest BCUT2D eigenvalue weighted by molar-refractivity contribution is 7.22. The summed E-state index contributed by atoms with van der Waals surface area (Å²) < 4.78 is 8.09. The average molecular weight is 474 g/mol. The van der Waals surface area contributed by atoms with Gasteiger partial charge in [0.05, 0.1) is 4.70 Å². The van der Waals surface area contributed by atoms with Gasteiger partial charge in [0.25, 0.3) is 0 Å². The van der Waals surface area contributed by atoms with Crippen molar-refractivity contribution in [2.45, 2.75) is 25.8 Å². The van der Waals surface area contributed by atoms with Crippen molar-refractivity contribution in [1.29, 1.82) is 0 Å². The minimum Gasteiger partial charge on any atom is -0.532 e. The summed E-state index contributed by atoms with van der Waals surface area (Å²) in [6, 6.07) is 24.7. The van der Waals surface area contributed by atoms with Gasteiger partial charge in [-0.05, 0) is 39.2 Å². The number of aromatic nitrogens is 1. The second-order valence-corrected chi connectivity index (χ2v) is 14.2. The maximum atomic E-state index is 11.3. The van der Waals surface area contributed by atoms with Gasteiger partial charge in [0, 0.05) is 6.08 Å². The lowest BCUT2D eigenvalue weighted by molar-refractivity contribution is -0.113. The third kappa shape index (κ3) is 4.42. The fraction of sp³-hybridized carbons (Fsp3) is 0.154. The zero-order valence-corrected chi connectivity index (χ0v) is 20.7. The van der Waals surface area contributed by atoms with Crippen molar-refractivity contribution in [1.82, 2.24) is 4.98 Å². The Labute approximate surface area is 198 Å². The third-order valence-electron chi connectivity index (χ3n) is 5.62. The van der Waals surface area contributed by atoms with E-state index < -0.39 is 14.2 Å². The standard InChI is InChI=1S/C26H27N3O2SSi/c1-26(2,3)33(19-10-6-4-7-11-19,20-12-8-5-9-13-20)31-21-16-18(14-15-23(27)30)17-22-24(21)29-25(28)32-22/h4-17H,1-3H3,(H2,27,30)(H2,28,29)/b15-14+. The van der Waals surface area contributed by atoms with Crippen molar-refractivity contribution in [3.05, 3.63) is 84.4 Å². The summed E-state index contributed by atoms with van der Waals surface area (Å²) >= 11 is 1.39. The summed E-state index contributed by atoms with van der Waals surface area (Å²) in [4.78, 5) is 15.9. The van der Waals surface area contributed by atoms with Crippen LogP contribution in [0.2, 0.25) is 5.04 Å². The van der Waals surface area contributed by atoms with Crippen molar-refractivity contribution in [3.8, 4) is 5.75 Å². The van der Waals surface area contributed by atoms with Crippen LogP contribution in [0.3, 0.4) is 0 Å². The van der Waals surface area contributed by atoms with E-state index in [2.05, 4.69) is 74.3 Å². The molecule has 5 nitrogen and oxygen atoms in total. The van der Waals surface area contributed by atoms with E-state index in [0.717, 1.165) is 26.2 Å². The second-order valence-electron chi connectivity index (χ2n) is 8.92. The van der Waals surface area contributed by atoms with Crippen molar-refractivity contribution in [2.24, 2.45) is 5.73 Å². The number of anilines is 1. The summed E-state index contributed by atoms with van der Waals surface area (Å²) in [5.41, 5.74) is 12.9. The molecule has 1 aromatic heterocycles. The number of amides is 1. The summed E-state index contributed by atoms with van der Waals surface area (Å²) in [6.45, 7) is 6.67. The number of thiazole rings is 1. The van der Waals surface area contributed by atoms with Gasteiger partial charge in [0.2, 0.25) is 5.91 Å². The highest BCUT2D eigenvalue weighted by atomic mass is 32.1. The van der Waals surface area contributed by atoms with E-state index in [9.17, 15) is 4.79 Å². The van der Waals surface area contributed by atoms with Gasteiger partial charge in [-0.3, -0.25) is 4.79 Å². The first-order valence-electron chi connectivity index (χ1n) is 10.7. The lowest BCUT2D eigenvalue weighted by Crippen LogP contribution is -2.68. The molecule has 0 spiro atoms. The number of nitrogens with zero attached hydrogens (tertiary/aromatic N) is 1. The Morgan fingerprint density at radius 1 is 1.00 bits per heavy atom. The number of carbonyl (C=O) groups excluding carboxylic acids is 1. The van der Waals surface area contributed by atoms with Gasteiger partial charge < -0.3 is 15.9 Å². The van der Waals surface area contributed by atoms with Crippen LogP contribution in [-0.4, -0.2) is 19.2 Å². The average Bonchev–Trinajstić information content (AvgIpc) is 3.16. The van der Waals surface area contributed by atoms with Crippen molar-refractivity contribution in [2.75, 3.05) is 5.73 Å². The maximum Gasteiger partial charge on any atom is 0.320 e. The fourth-order valence-electron chi connectivity index (χ4n) is 4.20. The van der Waals surface area contributed by atoms with Crippen LogP contribution in [0.25, 0.3) is 16.3 Å². The number of rotatable bonds is 6. The second kappa shape index (κ2) is 8.84. The molecule has 0 aliphatic heterocycles. The van der Waals surface area contributed by atoms with Gasteiger partial charge in [-0.15, -0.1) is 0 Å². The third-order valence-corrected chi connectivity index (χ3v) is 11.4. The van der Waals surface area contributed by atoms with Crippen molar-refractivity contribution >= 4 is 57.4 Å². The first-order chi connectivity index (χ1) is 15.7. The van der Waals surface area contributed by atoms with Crippen LogP contribution in [0.5, 0.6) is 5.75 Å². The molecule has 0 saturated carbocycles. The molecule has 1 amide bonds. The molecule has 0 aliphatic rings. The van der Waals surface area contributed by atoms with Gasteiger partial charge in [-0.1, -0.05) is 92.8 Å². The Morgan fingerprint density at radius 3 is 2.09 bits per heavy atom. The normalized spacial score (nSPS) is 12.3. The number of fused-ring (bicyclic) bond motifs is 1. The topological polar surface area (TPSA) is 91.2 Å². The predicted octanol–water partition coefficient (Wildman–Crippen LogP) is 4.32. The fourth-order valence-corrected chi connectivity index (χ4v) is 9.42. The molecule has 0 bridgehead atoms. The smallest absolute Gasteiger partial charge is 0.320 e. The molecule has 4 aromatic rings. The zero-order valence-electron chi connectivity index (χ0n) is 18.9. The highest BCUT2D eigenvalue weighted by Crippen LogP contribution is 2.41. The monoisotopic (exact) mass is 473 g/mol. The number of hydrogen-bond donors (Lipinski definition) is 2. The van der Waals surface area contributed by atoms with Gasteiger partial charge in [0.15, 0.2) is 5.13 Å². The van der Waals surface area contributed by atoms with Crippen LogP contribution in [0, 0.1) is 0 Å². The van der Waals surface area contributed by atoms with E-state index in [0.29, 0.717) is 10.9 Å². The van der Waals surface area contributed by atoms with Gasteiger partial charge in [-0.2, -0.15) is 0 Å². The van der Waals surface area contributed by atoms with Crippen LogP contribution < -0.4 is 26.3 Å². The molecule has 0 radical (unpaired) electrons. The molecular weight excluding hydrogens is 446 g/mol. The molecule has 0 atom stereocenters. The first kappa shape index (κ1) is 22.8. The molecule has 0 unspecified atom stereocenters. The van der Waals surface area contributed by atoms with E-state index in [-0.39, 0.29) is 5.04 Å². The minimum absolute atomic E-state index is 0.206. The molecule has 4 N–H and O–H groups in total. The molecule has 1 heterocycles. The lowest BCUT2D eigenvalue weighted by atomic mass is 10.2. The van der Waals surface area contributed by atoms with Gasteiger partial charge >= 0.3 is 8.32 Å². The van der Waals surface area contributed by atoms with E-state index in [1.54, 1.807) is 6.08 Å². The quantitative estimate of drug-likeness (QED) is 0.322. The number of primary amides is 1. The Hall–Kier alpha value is -3.42. The summed E-state index contributed by atoms with van der Waals surface area (Å²) in [5, 5.41) is 2.59.